The predicted molar refractivity (Wildman–Crippen MR) is 105 cm³/mol. The summed E-state index contributed by atoms with van der Waals surface area (Å²) >= 11 is 6.11. The molecule has 2 aromatic heterocycles. The Morgan fingerprint density at radius 1 is 1.19 bits per heavy atom. The average molecular weight is 383 g/mol. The van der Waals surface area contributed by atoms with Gasteiger partial charge in [0.15, 0.2) is 11.5 Å². The highest BCUT2D eigenvalue weighted by atomic mass is 35.5. The molecule has 7 nitrogen and oxygen atoms in total. The Kier molecular flexibility index (Phi) is 4.29. The van der Waals surface area contributed by atoms with Gasteiger partial charge in [0.25, 0.3) is 5.56 Å². The number of nitrogens with zero attached hydrogens (tertiary/aromatic N) is 3. The number of fused-ring (bicyclic) bond motifs is 3. The molecule has 2 aromatic carbocycles. The lowest BCUT2D eigenvalue weighted by atomic mass is 10.2. The topological polar surface area (TPSA) is 81.5 Å². The van der Waals surface area contributed by atoms with Gasteiger partial charge in [-0.1, -0.05) is 29.8 Å². The maximum atomic E-state index is 12.8. The molecule has 0 amide bonds. The molecular weight excluding hydrogens is 368 g/mol. The van der Waals surface area contributed by atoms with Gasteiger partial charge in [-0.25, -0.2) is 4.98 Å². The van der Waals surface area contributed by atoms with E-state index >= 15 is 0 Å². The molecule has 2 heterocycles. The Labute approximate surface area is 158 Å². The van der Waals surface area contributed by atoms with Crippen LogP contribution in [0.15, 0.2) is 52.6 Å². The van der Waals surface area contributed by atoms with Gasteiger partial charge in [0.1, 0.15) is 17.4 Å². The molecule has 0 bridgehead atoms. The zero-order chi connectivity index (χ0) is 19.0. The van der Waals surface area contributed by atoms with E-state index in [0.29, 0.717) is 33.1 Å². The standard InChI is InChI=1S/C19H15ClN4O3/c1-26-15-7-12-14(8-16(15)27-2)23-18-17(12)21-10-24(19(18)25)22-9-11-5-3-4-6-13(11)20/h3-10,23H,1-2H3/b22-9+. The fourth-order valence-corrected chi connectivity index (χ4v) is 3.05. The second-order valence-corrected chi connectivity index (χ2v) is 6.17. The van der Waals surface area contributed by atoms with Gasteiger partial charge in [0.05, 0.1) is 26.0 Å². The summed E-state index contributed by atoms with van der Waals surface area (Å²) in [5.41, 5.74) is 1.99. The maximum absolute atomic E-state index is 12.8. The molecule has 0 aliphatic rings. The molecule has 0 atom stereocenters. The van der Waals surface area contributed by atoms with E-state index in [1.54, 1.807) is 32.4 Å². The second-order valence-electron chi connectivity index (χ2n) is 5.76. The number of methoxy groups -OCH3 is 2. The van der Waals surface area contributed by atoms with Crippen molar-refractivity contribution in [2.75, 3.05) is 14.2 Å². The molecule has 0 aliphatic carbocycles. The van der Waals surface area contributed by atoms with Crippen LogP contribution in [0.5, 0.6) is 11.5 Å². The van der Waals surface area contributed by atoms with E-state index in [2.05, 4.69) is 15.1 Å². The molecule has 27 heavy (non-hydrogen) atoms. The predicted octanol–water partition coefficient (Wildman–Crippen LogP) is 3.43. The number of ether oxygens (including phenoxy) is 2. The van der Waals surface area contributed by atoms with E-state index < -0.39 is 0 Å². The van der Waals surface area contributed by atoms with Crippen molar-refractivity contribution in [2.45, 2.75) is 0 Å². The van der Waals surface area contributed by atoms with Crippen molar-refractivity contribution in [1.29, 1.82) is 0 Å². The molecule has 0 saturated heterocycles. The van der Waals surface area contributed by atoms with E-state index in [1.807, 2.05) is 18.2 Å². The summed E-state index contributed by atoms with van der Waals surface area (Å²) in [4.78, 5) is 20.3. The van der Waals surface area contributed by atoms with E-state index in [0.717, 1.165) is 15.6 Å². The van der Waals surface area contributed by atoms with Crippen LogP contribution in [0.25, 0.3) is 21.9 Å². The van der Waals surface area contributed by atoms with Crippen LogP contribution in [0, 0.1) is 0 Å². The van der Waals surface area contributed by atoms with Gasteiger partial charge >= 0.3 is 0 Å². The highest BCUT2D eigenvalue weighted by Crippen LogP contribution is 2.34. The summed E-state index contributed by atoms with van der Waals surface area (Å²) in [5, 5.41) is 5.50. The number of aromatic nitrogens is 3. The van der Waals surface area contributed by atoms with E-state index in [1.165, 1.54) is 12.5 Å². The zero-order valence-electron chi connectivity index (χ0n) is 14.6. The molecule has 0 unspecified atom stereocenters. The van der Waals surface area contributed by atoms with Crippen molar-refractivity contribution in [1.82, 2.24) is 14.6 Å². The van der Waals surface area contributed by atoms with Crippen LogP contribution in [0.1, 0.15) is 5.56 Å². The first-order valence-electron chi connectivity index (χ1n) is 8.06. The number of aromatic amines is 1. The van der Waals surface area contributed by atoms with Crippen molar-refractivity contribution in [3.8, 4) is 11.5 Å². The highest BCUT2D eigenvalue weighted by Gasteiger charge is 2.14. The molecule has 1 N–H and O–H groups in total. The van der Waals surface area contributed by atoms with Gasteiger partial charge in [-0.05, 0) is 12.1 Å². The van der Waals surface area contributed by atoms with E-state index in [9.17, 15) is 4.79 Å². The van der Waals surface area contributed by atoms with Crippen LogP contribution in [0.4, 0.5) is 0 Å². The maximum Gasteiger partial charge on any atom is 0.298 e. The van der Waals surface area contributed by atoms with Crippen molar-refractivity contribution in [3.63, 3.8) is 0 Å². The summed E-state index contributed by atoms with van der Waals surface area (Å²) in [5.74, 6) is 1.13. The summed E-state index contributed by atoms with van der Waals surface area (Å²) in [7, 11) is 3.11. The minimum Gasteiger partial charge on any atom is -0.493 e. The van der Waals surface area contributed by atoms with Gasteiger partial charge in [-0.3, -0.25) is 4.79 Å². The van der Waals surface area contributed by atoms with Crippen LogP contribution < -0.4 is 15.0 Å². The average Bonchev–Trinajstić information content (AvgIpc) is 3.06. The number of hydrogen-bond donors (Lipinski definition) is 1. The molecule has 4 rings (SSSR count). The number of rotatable bonds is 4. The van der Waals surface area contributed by atoms with E-state index in [4.69, 9.17) is 21.1 Å². The zero-order valence-corrected chi connectivity index (χ0v) is 15.3. The van der Waals surface area contributed by atoms with Gasteiger partial charge in [-0.15, -0.1) is 0 Å². The normalized spacial score (nSPS) is 11.5. The summed E-state index contributed by atoms with van der Waals surface area (Å²) in [6.07, 6.45) is 2.90. The minimum absolute atomic E-state index is 0.322. The second kappa shape index (κ2) is 6.77. The number of hydrogen-bond acceptors (Lipinski definition) is 5. The summed E-state index contributed by atoms with van der Waals surface area (Å²) in [6.45, 7) is 0. The van der Waals surface area contributed by atoms with Gasteiger partial charge in [0.2, 0.25) is 0 Å². The van der Waals surface area contributed by atoms with E-state index in [-0.39, 0.29) is 5.56 Å². The molecule has 136 valence electrons. The molecule has 0 fully saturated rings. The largest absolute Gasteiger partial charge is 0.493 e. The summed E-state index contributed by atoms with van der Waals surface area (Å²) in [6, 6.07) is 10.8. The Hall–Kier alpha value is -3.32. The Morgan fingerprint density at radius 3 is 2.67 bits per heavy atom. The number of H-pyrrole nitrogens is 1. The lowest BCUT2D eigenvalue weighted by molar-refractivity contribution is 0.356. The van der Waals surface area contributed by atoms with Crippen LogP contribution in [0.2, 0.25) is 5.02 Å². The monoisotopic (exact) mass is 382 g/mol. The molecule has 0 radical (unpaired) electrons. The lowest BCUT2D eigenvalue weighted by Gasteiger charge is -2.06. The lowest BCUT2D eigenvalue weighted by Crippen LogP contribution is -2.17. The van der Waals surface area contributed by atoms with Crippen molar-refractivity contribution in [2.24, 2.45) is 5.10 Å². The number of halogens is 1. The quantitative estimate of drug-likeness (QED) is 0.548. The molecule has 0 saturated carbocycles. The van der Waals surface area contributed by atoms with Crippen LogP contribution in [-0.2, 0) is 0 Å². The van der Waals surface area contributed by atoms with Gasteiger partial charge in [0, 0.05) is 22.0 Å². The molecule has 0 spiro atoms. The molecule has 0 aliphatic heterocycles. The third-order valence-electron chi connectivity index (χ3n) is 4.22. The minimum atomic E-state index is -0.322. The number of benzene rings is 2. The third-order valence-corrected chi connectivity index (χ3v) is 4.56. The van der Waals surface area contributed by atoms with Gasteiger partial charge in [-0.2, -0.15) is 9.78 Å². The fourth-order valence-electron chi connectivity index (χ4n) is 2.86. The SMILES string of the molecule is COc1cc2[nH]c3c(=O)n(/N=C/c4ccccc4Cl)cnc3c2cc1OC. The Balaban J connectivity index is 1.86. The first kappa shape index (κ1) is 17.1. The number of nitrogens with one attached hydrogen (secondary N) is 1. The Morgan fingerprint density at radius 2 is 1.93 bits per heavy atom. The van der Waals surface area contributed by atoms with Crippen LogP contribution >= 0.6 is 11.6 Å². The fraction of sp³-hybridized carbons (Fsp3) is 0.105. The highest BCUT2D eigenvalue weighted by molar-refractivity contribution is 6.33. The van der Waals surface area contributed by atoms with Crippen LogP contribution in [0.3, 0.4) is 0 Å². The van der Waals surface area contributed by atoms with Crippen LogP contribution in [-0.4, -0.2) is 35.1 Å². The molecular formula is C19H15ClN4O3. The van der Waals surface area contributed by atoms with Crippen molar-refractivity contribution in [3.05, 3.63) is 63.7 Å². The first-order chi connectivity index (χ1) is 13.1. The smallest absolute Gasteiger partial charge is 0.298 e. The molecule has 8 heteroatoms. The van der Waals surface area contributed by atoms with Gasteiger partial charge < -0.3 is 14.5 Å². The first-order valence-corrected chi connectivity index (χ1v) is 8.44. The van der Waals surface area contributed by atoms with Crippen molar-refractivity contribution >= 4 is 39.8 Å². The van der Waals surface area contributed by atoms with Crippen molar-refractivity contribution < 1.29 is 9.47 Å². The Bertz CT molecular complexity index is 1240. The third kappa shape index (κ3) is 2.92. The molecule has 4 aromatic rings. The summed E-state index contributed by atoms with van der Waals surface area (Å²) < 4.78 is 11.8.